The van der Waals surface area contributed by atoms with Crippen molar-refractivity contribution in [2.24, 2.45) is 0 Å². The minimum atomic E-state index is -0.113. The minimum Gasteiger partial charge on any atom is -0.497 e. The van der Waals surface area contributed by atoms with Gasteiger partial charge < -0.3 is 10.1 Å². The molecule has 2 aromatic carbocycles. The largest absolute Gasteiger partial charge is 0.497 e. The Kier molecular flexibility index (Phi) is 3.20. The number of nitrogens with one attached hydrogen (secondary N) is 1. The summed E-state index contributed by atoms with van der Waals surface area (Å²) in [5.74, 6) is 0.671. The van der Waals surface area contributed by atoms with E-state index in [1.54, 1.807) is 19.2 Å². The van der Waals surface area contributed by atoms with Crippen LogP contribution in [0.15, 0.2) is 42.5 Å². The lowest BCUT2D eigenvalue weighted by molar-refractivity contribution is -0.110. The topological polar surface area (TPSA) is 38.3 Å². The third-order valence-electron chi connectivity index (χ3n) is 3.19. The number of carbonyl (C=O) groups is 1. The Hall–Kier alpha value is -2.26. The Bertz CT molecular complexity index is 705. The summed E-state index contributed by atoms with van der Waals surface area (Å²) in [6.07, 6.45) is 1.84. The first-order valence-electron chi connectivity index (χ1n) is 6.14. The third-order valence-corrected chi connectivity index (χ3v) is 3.43. The molecular weight excluding hydrogens is 274 g/mol. The van der Waals surface area contributed by atoms with Crippen LogP contribution in [0.2, 0.25) is 5.02 Å². The summed E-state index contributed by atoms with van der Waals surface area (Å²) in [5.41, 5.74) is 3.17. The quantitative estimate of drug-likeness (QED) is 0.851. The van der Waals surface area contributed by atoms with E-state index < -0.39 is 0 Å². The highest BCUT2D eigenvalue weighted by Gasteiger charge is 2.23. The van der Waals surface area contributed by atoms with E-state index in [4.69, 9.17) is 16.3 Å². The van der Waals surface area contributed by atoms with Crippen LogP contribution in [0.5, 0.6) is 5.75 Å². The van der Waals surface area contributed by atoms with Crippen LogP contribution < -0.4 is 10.1 Å². The highest BCUT2D eigenvalue weighted by molar-refractivity contribution is 6.36. The molecule has 0 aromatic heterocycles. The van der Waals surface area contributed by atoms with Crippen LogP contribution in [0.4, 0.5) is 5.69 Å². The van der Waals surface area contributed by atoms with E-state index >= 15 is 0 Å². The van der Waals surface area contributed by atoms with Crippen LogP contribution in [0, 0.1) is 0 Å². The number of carbonyl (C=O) groups excluding carboxylic acids is 1. The monoisotopic (exact) mass is 285 g/mol. The molecule has 0 spiro atoms. The predicted octanol–water partition coefficient (Wildman–Crippen LogP) is 3.84. The molecule has 0 bridgehead atoms. The first kappa shape index (κ1) is 12.8. The summed E-state index contributed by atoms with van der Waals surface area (Å²) in [7, 11) is 1.62. The fraction of sp³-hybridized carbons (Fsp3) is 0.0625. The lowest BCUT2D eigenvalue weighted by Gasteiger charge is -2.01. The number of methoxy groups -OCH3 is 1. The van der Waals surface area contributed by atoms with Gasteiger partial charge in [0.05, 0.1) is 7.11 Å². The molecule has 0 saturated carbocycles. The number of hydrogen-bond donors (Lipinski definition) is 1. The van der Waals surface area contributed by atoms with Crippen LogP contribution in [0.25, 0.3) is 11.6 Å². The van der Waals surface area contributed by atoms with Crippen molar-refractivity contribution in [3.8, 4) is 5.75 Å². The average Bonchev–Trinajstić information content (AvgIpc) is 2.76. The van der Waals surface area contributed by atoms with E-state index in [1.165, 1.54) is 0 Å². The molecule has 3 rings (SSSR count). The summed E-state index contributed by atoms with van der Waals surface area (Å²) < 4.78 is 5.11. The van der Waals surface area contributed by atoms with Crippen molar-refractivity contribution in [2.75, 3.05) is 12.4 Å². The molecule has 0 aliphatic carbocycles. The first-order valence-corrected chi connectivity index (χ1v) is 6.52. The van der Waals surface area contributed by atoms with Gasteiger partial charge in [0.15, 0.2) is 0 Å². The molecule has 1 heterocycles. The zero-order chi connectivity index (χ0) is 14.1. The molecule has 4 heteroatoms. The number of rotatable bonds is 2. The Morgan fingerprint density at radius 3 is 2.60 bits per heavy atom. The van der Waals surface area contributed by atoms with Gasteiger partial charge in [-0.05, 0) is 42.0 Å². The molecule has 2 aromatic rings. The minimum absolute atomic E-state index is 0.113. The average molecular weight is 286 g/mol. The SMILES string of the molecule is COc1ccc(/C=C2/C(=O)Nc3ccc(Cl)cc32)cc1. The molecule has 0 radical (unpaired) electrons. The number of halogens is 1. The second-order valence-electron chi connectivity index (χ2n) is 4.48. The standard InChI is InChI=1S/C16H12ClNO2/c1-20-12-5-2-10(3-6-12)8-14-13-9-11(17)4-7-15(13)18-16(14)19/h2-9H,1H3,(H,18,19)/b14-8+. The maximum atomic E-state index is 12.0. The zero-order valence-electron chi connectivity index (χ0n) is 10.8. The summed E-state index contributed by atoms with van der Waals surface area (Å²) >= 11 is 6.00. The van der Waals surface area contributed by atoms with Crippen LogP contribution in [0.3, 0.4) is 0 Å². The molecule has 3 nitrogen and oxygen atoms in total. The van der Waals surface area contributed by atoms with Crippen LogP contribution in [-0.2, 0) is 4.79 Å². The van der Waals surface area contributed by atoms with E-state index in [0.29, 0.717) is 10.6 Å². The summed E-state index contributed by atoms with van der Waals surface area (Å²) in [4.78, 5) is 12.0. The van der Waals surface area contributed by atoms with Crippen molar-refractivity contribution >= 4 is 34.8 Å². The highest BCUT2D eigenvalue weighted by Crippen LogP contribution is 2.35. The summed E-state index contributed by atoms with van der Waals surface area (Å²) in [6.45, 7) is 0. The lowest BCUT2D eigenvalue weighted by Crippen LogP contribution is -2.03. The predicted molar refractivity (Wildman–Crippen MR) is 80.9 cm³/mol. The van der Waals surface area contributed by atoms with E-state index in [0.717, 1.165) is 22.6 Å². The number of hydrogen-bond acceptors (Lipinski definition) is 2. The maximum absolute atomic E-state index is 12.0. The van der Waals surface area contributed by atoms with Gasteiger partial charge in [-0.2, -0.15) is 0 Å². The Labute approximate surface area is 121 Å². The summed E-state index contributed by atoms with van der Waals surface area (Å²) in [6, 6.07) is 12.9. The van der Waals surface area contributed by atoms with Crippen molar-refractivity contribution < 1.29 is 9.53 Å². The summed E-state index contributed by atoms with van der Waals surface area (Å²) in [5, 5.41) is 3.44. The van der Waals surface area contributed by atoms with Gasteiger partial charge >= 0.3 is 0 Å². The van der Waals surface area contributed by atoms with Crippen molar-refractivity contribution in [3.05, 3.63) is 58.6 Å². The van der Waals surface area contributed by atoms with Gasteiger partial charge in [-0.15, -0.1) is 0 Å². The Morgan fingerprint density at radius 2 is 1.90 bits per heavy atom. The normalized spacial score (nSPS) is 15.1. The number of fused-ring (bicyclic) bond motifs is 1. The van der Waals surface area contributed by atoms with Gasteiger partial charge in [-0.25, -0.2) is 0 Å². The highest BCUT2D eigenvalue weighted by atomic mass is 35.5. The third kappa shape index (κ3) is 2.28. The molecule has 1 aliphatic rings. The van der Waals surface area contributed by atoms with Gasteiger partial charge in [-0.3, -0.25) is 4.79 Å². The Morgan fingerprint density at radius 1 is 1.15 bits per heavy atom. The Balaban J connectivity index is 2.03. The molecule has 0 unspecified atom stereocenters. The van der Waals surface area contributed by atoms with Crippen LogP contribution in [-0.4, -0.2) is 13.0 Å². The van der Waals surface area contributed by atoms with Crippen molar-refractivity contribution in [3.63, 3.8) is 0 Å². The van der Waals surface area contributed by atoms with E-state index in [1.807, 2.05) is 36.4 Å². The van der Waals surface area contributed by atoms with Gasteiger partial charge in [-0.1, -0.05) is 23.7 Å². The molecule has 100 valence electrons. The molecule has 1 N–H and O–H groups in total. The molecule has 0 fully saturated rings. The molecule has 0 atom stereocenters. The number of anilines is 1. The smallest absolute Gasteiger partial charge is 0.256 e. The van der Waals surface area contributed by atoms with Crippen LogP contribution in [0.1, 0.15) is 11.1 Å². The van der Waals surface area contributed by atoms with Crippen molar-refractivity contribution in [1.82, 2.24) is 0 Å². The number of amides is 1. The second-order valence-corrected chi connectivity index (χ2v) is 4.91. The fourth-order valence-electron chi connectivity index (χ4n) is 2.17. The fourth-order valence-corrected chi connectivity index (χ4v) is 2.34. The van der Waals surface area contributed by atoms with Gasteiger partial charge in [0.2, 0.25) is 0 Å². The second kappa shape index (κ2) is 5.02. The molecule has 1 aliphatic heterocycles. The van der Waals surface area contributed by atoms with Crippen molar-refractivity contribution in [1.29, 1.82) is 0 Å². The molecular formula is C16H12ClNO2. The molecule has 0 saturated heterocycles. The van der Waals surface area contributed by atoms with Gasteiger partial charge in [0.25, 0.3) is 5.91 Å². The number of ether oxygens (including phenoxy) is 1. The van der Waals surface area contributed by atoms with E-state index in [-0.39, 0.29) is 5.91 Å². The maximum Gasteiger partial charge on any atom is 0.256 e. The van der Waals surface area contributed by atoms with Gasteiger partial charge in [0, 0.05) is 21.8 Å². The number of benzene rings is 2. The zero-order valence-corrected chi connectivity index (χ0v) is 11.6. The molecule has 20 heavy (non-hydrogen) atoms. The first-order chi connectivity index (χ1) is 9.67. The lowest BCUT2D eigenvalue weighted by atomic mass is 10.0. The van der Waals surface area contributed by atoms with E-state index in [2.05, 4.69) is 5.32 Å². The van der Waals surface area contributed by atoms with Gasteiger partial charge in [0.1, 0.15) is 5.75 Å². The molecule has 1 amide bonds. The van der Waals surface area contributed by atoms with Crippen molar-refractivity contribution in [2.45, 2.75) is 0 Å². The van der Waals surface area contributed by atoms with Crippen LogP contribution >= 0.6 is 11.6 Å². The van der Waals surface area contributed by atoms with E-state index in [9.17, 15) is 4.79 Å².